The van der Waals surface area contributed by atoms with Crippen LogP contribution in [0.4, 0.5) is 0 Å². The maximum Gasteiger partial charge on any atom is 0.316 e. The topological polar surface area (TPSA) is 142 Å². The van der Waals surface area contributed by atoms with Crippen LogP contribution in [0.3, 0.4) is 0 Å². The summed E-state index contributed by atoms with van der Waals surface area (Å²) in [4.78, 5) is 44.3. The van der Waals surface area contributed by atoms with E-state index < -0.39 is 47.0 Å². The molecule has 1 saturated carbocycles. The summed E-state index contributed by atoms with van der Waals surface area (Å²) in [6.07, 6.45) is 0.551. The van der Waals surface area contributed by atoms with Crippen LogP contribution >= 0.6 is 0 Å². The van der Waals surface area contributed by atoms with E-state index in [2.05, 4.69) is 5.32 Å². The Morgan fingerprint density at radius 1 is 0.980 bits per heavy atom. The first-order valence-corrected chi connectivity index (χ1v) is 16.4. The monoisotopic (exact) mass is 672 g/mol. The maximum absolute atomic E-state index is 15.4. The Morgan fingerprint density at radius 3 is 2.37 bits per heavy atom. The minimum absolute atomic E-state index is 0.0810. The van der Waals surface area contributed by atoms with E-state index >= 15 is 4.79 Å². The SMILES string of the molecule is COC(=O)C1C2(O)c3c(cc4c(c3OC)OCO4)OC1(c1ccc(OC)cc1)C(c1ccccc1)C2C(=O)N1CCCC1NC(=O)C(C)C. The highest BCUT2D eigenvalue weighted by molar-refractivity contribution is 5.90. The van der Waals surface area contributed by atoms with E-state index in [1.165, 1.54) is 14.2 Å². The van der Waals surface area contributed by atoms with Crippen LogP contribution in [0.2, 0.25) is 0 Å². The van der Waals surface area contributed by atoms with Crippen LogP contribution in [0.15, 0.2) is 60.7 Å². The summed E-state index contributed by atoms with van der Waals surface area (Å²) in [7, 11) is 4.20. The fourth-order valence-electron chi connectivity index (χ4n) is 8.29. The molecule has 3 aliphatic heterocycles. The van der Waals surface area contributed by atoms with Gasteiger partial charge in [-0.05, 0) is 36.1 Å². The molecule has 2 fully saturated rings. The van der Waals surface area contributed by atoms with Crippen LogP contribution in [-0.4, -0.2) is 68.6 Å². The van der Waals surface area contributed by atoms with E-state index in [1.54, 1.807) is 56.2 Å². The number of aliphatic hydroxyl groups is 1. The molecular weight excluding hydrogens is 632 g/mol. The van der Waals surface area contributed by atoms with E-state index in [1.807, 2.05) is 30.3 Å². The number of nitrogens with zero attached hydrogens (tertiary/aromatic N) is 1. The number of hydrogen-bond donors (Lipinski definition) is 2. The molecule has 1 saturated heterocycles. The predicted molar refractivity (Wildman–Crippen MR) is 174 cm³/mol. The molecule has 49 heavy (non-hydrogen) atoms. The van der Waals surface area contributed by atoms with Gasteiger partial charge in [-0.1, -0.05) is 56.3 Å². The van der Waals surface area contributed by atoms with Gasteiger partial charge in [0.05, 0.1) is 32.8 Å². The predicted octanol–water partition coefficient (Wildman–Crippen LogP) is 3.83. The van der Waals surface area contributed by atoms with Gasteiger partial charge in [-0.25, -0.2) is 0 Å². The third-order valence-corrected chi connectivity index (χ3v) is 10.4. The molecule has 12 heteroatoms. The normalized spacial score (nSPS) is 27.7. The molecule has 2 bridgehead atoms. The molecule has 3 aromatic carbocycles. The van der Waals surface area contributed by atoms with Crippen LogP contribution in [-0.2, 0) is 30.3 Å². The molecule has 6 unspecified atom stereocenters. The van der Waals surface area contributed by atoms with Crippen molar-refractivity contribution in [2.45, 2.75) is 50.0 Å². The van der Waals surface area contributed by atoms with Gasteiger partial charge in [-0.3, -0.25) is 14.4 Å². The zero-order valence-corrected chi connectivity index (χ0v) is 28.1. The average Bonchev–Trinajstić information content (AvgIpc) is 3.82. The zero-order valence-electron chi connectivity index (χ0n) is 28.1. The van der Waals surface area contributed by atoms with Gasteiger partial charge in [0.25, 0.3) is 0 Å². The quantitative estimate of drug-likeness (QED) is 0.339. The summed E-state index contributed by atoms with van der Waals surface area (Å²) >= 11 is 0. The molecule has 0 aromatic heterocycles. The Morgan fingerprint density at radius 2 is 1.71 bits per heavy atom. The molecule has 2 N–H and O–H groups in total. The Hall–Kier alpha value is -4.97. The van der Waals surface area contributed by atoms with Crippen LogP contribution in [0.1, 0.15) is 49.3 Å². The maximum atomic E-state index is 15.4. The summed E-state index contributed by atoms with van der Waals surface area (Å²) in [6.45, 7) is 3.81. The summed E-state index contributed by atoms with van der Waals surface area (Å²) in [5.74, 6) is -4.16. The average molecular weight is 673 g/mol. The minimum Gasteiger partial charge on any atom is -0.497 e. The Kier molecular flexibility index (Phi) is 8.09. The molecule has 0 radical (unpaired) electrons. The second-order valence-electron chi connectivity index (χ2n) is 13.1. The van der Waals surface area contributed by atoms with Gasteiger partial charge < -0.3 is 43.7 Å². The van der Waals surface area contributed by atoms with E-state index in [9.17, 15) is 14.7 Å². The lowest BCUT2D eigenvalue weighted by atomic mass is 9.70. The smallest absolute Gasteiger partial charge is 0.316 e. The van der Waals surface area contributed by atoms with Crippen LogP contribution in [0.5, 0.6) is 28.7 Å². The number of hydrogen-bond acceptors (Lipinski definition) is 10. The van der Waals surface area contributed by atoms with Crippen molar-refractivity contribution < 1.29 is 47.9 Å². The van der Waals surface area contributed by atoms with Gasteiger partial charge in [-0.15, -0.1) is 0 Å². The first-order chi connectivity index (χ1) is 23.6. The molecule has 2 amide bonds. The lowest BCUT2D eigenvalue weighted by Gasteiger charge is -2.46. The van der Waals surface area contributed by atoms with Gasteiger partial charge >= 0.3 is 5.97 Å². The first kappa shape index (κ1) is 32.6. The second-order valence-corrected chi connectivity index (χ2v) is 13.1. The number of carbonyl (C=O) groups is 3. The summed E-state index contributed by atoms with van der Waals surface area (Å²) in [5, 5.41) is 16.7. The number of amides is 2. The van der Waals surface area contributed by atoms with Gasteiger partial charge in [0.15, 0.2) is 17.1 Å². The van der Waals surface area contributed by atoms with E-state index in [-0.39, 0.29) is 41.4 Å². The summed E-state index contributed by atoms with van der Waals surface area (Å²) in [6, 6.07) is 17.9. The fraction of sp³-hybridized carbons (Fsp3) is 0.432. The standard InChI is InChI=1S/C37H40N2O10/c1-20(2)33(40)38-26-12-9-17-39(26)34(41)29-27(21-10-7-6-8-11-21)37(22-13-15-23(44-3)16-14-22)32(35(42)46-5)36(29,43)28-24(49-37)18-25-30(31(28)45-4)48-19-47-25/h6-8,10-11,13-16,18,20,26-27,29,32,43H,9,12,17,19H2,1-5H3,(H,38,40). The number of methoxy groups -OCH3 is 3. The van der Waals surface area contributed by atoms with E-state index in [4.69, 9.17) is 28.4 Å². The zero-order chi connectivity index (χ0) is 34.7. The van der Waals surface area contributed by atoms with Crippen molar-refractivity contribution in [3.63, 3.8) is 0 Å². The highest BCUT2D eigenvalue weighted by atomic mass is 16.7. The van der Waals surface area contributed by atoms with Crippen molar-refractivity contribution in [1.82, 2.24) is 10.2 Å². The van der Waals surface area contributed by atoms with E-state index in [0.717, 1.165) is 0 Å². The van der Waals surface area contributed by atoms with Crippen LogP contribution in [0.25, 0.3) is 0 Å². The van der Waals surface area contributed by atoms with E-state index in [0.29, 0.717) is 42.0 Å². The van der Waals surface area contributed by atoms with Crippen LogP contribution < -0.4 is 29.0 Å². The van der Waals surface area contributed by atoms with Crippen molar-refractivity contribution in [2.24, 2.45) is 17.8 Å². The summed E-state index contributed by atoms with van der Waals surface area (Å²) in [5.41, 5.74) is -2.73. The molecule has 6 atom stereocenters. The molecule has 3 aromatic rings. The third kappa shape index (κ3) is 4.71. The van der Waals surface area contributed by atoms with Crippen molar-refractivity contribution in [2.75, 3.05) is 34.7 Å². The van der Waals surface area contributed by atoms with Crippen molar-refractivity contribution in [1.29, 1.82) is 0 Å². The van der Waals surface area contributed by atoms with Gasteiger partial charge in [0.2, 0.25) is 24.4 Å². The first-order valence-electron chi connectivity index (χ1n) is 16.4. The number of esters is 1. The number of carbonyl (C=O) groups excluding carboxylic acids is 3. The number of likely N-dealkylation sites (tertiary alicyclic amines) is 1. The van der Waals surface area contributed by atoms with Gasteiger partial charge in [-0.2, -0.15) is 0 Å². The lowest BCUT2D eigenvalue weighted by Crippen LogP contribution is -2.56. The molecule has 1 aliphatic carbocycles. The number of nitrogens with one attached hydrogen (secondary N) is 1. The minimum atomic E-state index is -2.28. The van der Waals surface area contributed by atoms with Crippen molar-refractivity contribution in [3.8, 4) is 28.7 Å². The molecule has 4 aliphatic rings. The molecule has 7 rings (SSSR count). The summed E-state index contributed by atoms with van der Waals surface area (Å²) < 4.78 is 35.5. The Labute approximate surface area is 284 Å². The van der Waals surface area contributed by atoms with Crippen molar-refractivity contribution in [3.05, 3.63) is 77.4 Å². The molecular formula is C37H40N2O10. The third-order valence-electron chi connectivity index (χ3n) is 10.4. The van der Waals surface area contributed by atoms with Gasteiger partial charge in [0, 0.05) is 24.4 Å². The number of benzene rings is 3. The Balaban J connectivity index is 1.55. The second kappa shape index (κ2) is 12.2. The molecule has 12 nitrogen and oxygen atoms in total. The highest BCUT2D eigenvalue weighted by Crippen LogP contribution is 2.72. The highest BCUT2D eigenvalue weighted by Gasteiger charge is 2.79. The van der Waals surface area contributed by atoms with Crippen LogP contribution in [0, 0.1) is 17.8 Å². The number of ether oxygens (including phenoxy) is 6. The van der Waals surface area contributed by atoms with Gasteiger partial charge in [0.1, 0.15) is 29.2 Å². The fourth-order valence-corrected chi connectivity index (χ4v) is 8.29. The lowest BCUT2D eigenvalue weighted by molar-refractivity contribution is -0.176. The molecule has 3 heterocycles. The number of rotatable bonds is 8. The number of fused-ring (bicyclic) bond motifs is 5. The Bertz CT molecular complexity index is 1780. The molecule has 0 spiro atoms. The van der Waals surface area contributed by atoms with Crippen molar-refractivity contribution >= 4 is 17.8 Å². The molecule has 258 valence electrons. The largest absolute Gasteiger partial charge is 0.497 e.